The summed E-state index contributed by atoms with van der Waals surface area (Å²) in [5, 5.41) is 3.76. The third-order valence-electron chi connectivity index (χ3n) is 5.15. The molecule has 0 spiro atoms. The van der Waals surface area contributed by atoms with E-state index in [1.165, 1.54) is 22.4 Å². The molecule has 0 aliphatic carbocycles. The van der Waals surface area contributed by atoms with E-state index in [2.05, 4.69) is 52.4 Å². The first-order valence-corrected chi connectivity index (χ1v) is 9.29. The highest BCUT2D eigenvalue weighted by Crippen LogP contribution is 2.50. The van der Waals surface area contributed by atoms with E-state index in [0.717, 1.165) is 29.7 Å². The average Bonchev–Trinajstić information content (AvgIpc) is 2.61. The monoisotopic (exact) mass is 387 g/mol. The Morgan fingerprint density at radius 3 is 2.88 bits per heavy atom. The molecule has 0 amide bonds. The number of halogens is 1. The van der Waals surface area contributed by atoms with Gasteiger partial charge in [-0.15, -0.1) is 0 Å². The van der Waals surface area contributed by atoms with E-state index in [1.54, 1.807) is 7.11 Å². The Kier molecular flexibility index (Phi) is 4.27. The van der Waals surface area contributed by atoms with Gasteiger partial charge in [0.25, 0.3) is 0 Å². The Morgan fingerprint density at radius 2 is 2.04 bits per heavy atom. The number of aryl methyl sites for hydroxylation is 1. The van der Waals surface area contributed by atoms with E-state index in [0.29, 0.717) is 5.92 Å². The number of ether oxygens (including phenoxy) is 2. The smallest absolute Gasteiger partial charge is 0.124 e. The van der Waals surface area contributed by atoms with Crippen molar-refractivity contribution >= 4 is 21.6 Å². The Balaban J connectivity index is 1.82. The van der Waals surface area contributed by atoms with Crippen LogP contribution < -0.4 is 10.1 Å². The summed E-state index contributed by atoms with van der Waals surface area (Å²) in [4.78, 5) is 0. The topological polar surface area (TPSA) is 30.5 Å². The quantitative estimate of drug-likeness (QED) is 0.747. The Morgan fingerprint density at radius 1 is 1.17 bits per heavy atom. The molecule has 2 aromatic rings. The fraction of sp³-hybridized carbons (Fsp3) is 0.400. The summed E-state index contributed by atoms with van der Waals surface area (Å²) in [5.41, 5.74) is 4.95. The van der Waals surface area contributed by atoms with Crippen LogP contribution in [0.3, 0.4) is 0 Å². The molecule has 0 bridgehead atoms. The van der Waals surface area contributed by atoms with Crippen molar-refractivity contribution in [3.63, 3.8) is 0 Å². The van der Waals surface area contributed by atoms with Gasteiger partial charge >= 0.3 is 0 Å². The average molecular weight is 388 g/mol. The number of hydrogen-bond donors (Lipinski definition) is 1. The lowest BCUT2D eigenvalue weighted by atomic mass is 9.77. The minimum atomic E-state index is 0.156. The van der Waals surface area contributed by atoms with Gasteiger partial charge in [-0.25, -0.2) is 0 Å². The minimum Gasteiger partial charge on any atom is -0.496 e. The van der Waals surface area contributed by atoms with E-state index < -0.39 is 0 Å². The van der Waals surface area contributed by atoms with Crippen LogP contribution in [0.4, 0.5) is 5.69 Å². The SMILES string of the molecule is COc1ccc(Br)cc1C1Nc2ccc(C)cc2[C@H]2OCCC[C@@H]12. The van der Waals surface area contributed by atoms with Crippen molar-refractivity contribution in [3.8, 4) is 5.75 Å². The second-order valence-corrected chi connectivity index (χ2v) is 7.61. The van der Waals surface area contributed by atoms with Gasteiger partial charge in [0.1, 0.15) is 5.75 Å². The zero-order valence-corrected chi connectivity index (χ0v) is 15.6. The van der Waals surface area contributed by atoms with Gasteiger partial charge in [0.05, 0.1) is 19.3 Å². The molecule has 3 nitrogen and oxygen atoms in total. The van der Waals surface area contributed by atoms with Crippen molar-refractivity contribution < 1.29 is 9.47 Å². The molecule has 4 heteroatoms. The second-order valence-electron chi connectivity index (χ2n) is 6.70. The number of nitrogens with one attached hydrogen (secondary N) is 1. The summed E-state index contributed by atoms with van der Waals surface area (Å²) in [5.74, 6) is 1.34. The number of methoxy groups -OCH3 is 1. The Bertz CT molecular complexity index is 761. The molecule has 1 saturated heterocycles. The highest BCUT2D eigenvalue weighted by atomic mass is 79.9. The Hall–Kier alpha value is -1.52. The molecular formula is C20H22BrNO2. The summed E-state index contributed by atoms with van der Waals surface area (Å²) in [6, 6.07) is 13.0. The molecule has 1 unspecified atom stereocenters. The molecule has 1 N–H and O–H groups in total. The van der Waals surface area contributed by atoms with E-state index >= 15 is 0 Å². The van der Waals surface area contributed by atoms with Gasteiger partial charge < -0.3 is 14.8 Å². The van der Waals surface area contributed by atoms with Gasteiger partial charge in [-0.3, -0.25) is 0 Å². The Labute approximate surface area is 151 Å². The van der Waals surface area contributed by atoms with E-state index in [1.807, 2.05) is 12.1 Å². The van der Waals surface area contributed by atoms with Crippen LogP contribution in [-0.4, -0.2) is 13.7 Å². The highest BCUT2D eigenvalue weighted by Gasteiger charge is 2.40. The van der Waals surface area contributed by atoms with Crippen LogP contribution in [0.5, 0.6) is 5.75 Å². The van der Waals surface area contributed by atoms with Crippen molar-refractivity contribution in [2.45, 2.75) is 31.9 Å². The molecule has 0 radical (unpaired) electrons. The third kappa shape index (κ3) is 2.72. The molecule has 0 aromatic heterocycles. The van der Waals surface area contributed by atoms with Gasteiger partial charge in [0.15, 0.2) is 0 Å². The van der Waals surface area contributed by atoms with Crippen LogP contribution in [0.2, 0.25) is 0 Å². The summed E-state index contributed by atoms with van der Waals surface area (Å²) >= 11 is 3.61. The zero-order chi connectivity index (χ0) is 16.7. The predicted molar refractivity (Wildman–Crippen MR) is 99.7 cm³/mol. The first-order chi connectivity index (χ1) is 11.7. The lowest BCUT2D eigenvalue weighted by Crippen LogP contribution is -2.36. The van der Waals surface area contributed by atoms with Gasteiger partial charge in [0, 0.05) is 33.8 Å². The first kappa shape index (κ1) is 16.0. The van der Waals surface area contributed by atoms with Crippen molar-refractivity contribution in [2.75, 3.05) is 19.0 Å². The normalized spacial score (nSPS) is 25.4. The summed E-state index contributed by atoms with van der Waals surface area (Å²) in [6.07, 6.45) is 2.42. The lowest BCUT2D eigenvalue weighted by Gasteiger charge is -2.43. The van der Waals surface area contributed by atoms with Gasteiger partial charge in [-0.2, -0.15) is 0 Å². The number of fused-ring (bicyclic) bond motifs is 3. The first-order valence-electron chi connectivity index (χ1n) is 8.49. The molecule has 2 aliphatic heterocycles. The van der Waals surface area contributed by atoms with Crippen molar-refractivity contribution in [3.05, 3.63) is 57.6 Å². The molecule has 0 saturated carbocycles. The van der Waals surface area contributed by atoms with Crippen LogP contribution in [0.25, 0.3) is 0 Å². The standard InChI is InChI=1S/C20H22BrNO2/c1-12-5-7-17-15(10-12)20-14(4-3-9-24-20)19(22-17)16-11-13(21)6-8-18(16)23-2/h5-8,10-11,14,19-20,22H,3-4,9H2,1-2H3/t14-,19?,20-/m0/s1. The van der Waals surface area contributed by atoms with E-state index in [-0.39, 0.29) is 12.1 Å². The van der Waals surface area contributed by atoms with Crippen molar-refractivity contribution in [2.24, 2.45) is 5.92 Å². The third-order valence-corrected chi connectivity index (χ3v) is 5.64. The molecule has 2 aromatic carbocycles. The number of anilines is 1. The molecule has 3 atom stereocenters. The minimum absolute atomic E-state index is 0.156. The number of hydrogen-bond acceptors (Lipinski definition) is 3. The number of rotatable bonds is 2. The maximum Gasteiger partial charge on any atom is 0.124 e. The van der Waals surface area contributed by atoms with Gasteiger partial charge in [-0.1, -0.05) is 33.6 Å². The summed E-state index contributed by atoms with van der Waals surface area (Å²) < 4.78 is 12.9. The maximum absolute atomic E-state index is 6.23. The molecular weight excluding hydrogens is 366 g/mol. The molecule has 126 valence electrons. The fourth-order valence-corrected chi connectivity index (χ4v) is 4.43. The lowest BCUT2D eigenvalue weighted by molar-refractivity contribution is -0.0383. The molecule has 2 heterocycles. The molecule has 2 aliphatic rings. The molecule has 1 fully saturated rings. The van der Waals surface area contributed by atoms with E-state index in [9.17, 15) is 0 Å². The fourth-order valence-electron chi connectivity index (χ4n) is 4.05. The maximum atomic E-state index is 6.23. The van der Waals surface area contributed by atoms with Crippen molar-refractivity contribution in [1.29, 1.82) is 0 Å². The van der Waals surface area contributed by atoms with Crippen LogP contribution in [0.15, 0.2) is 40.9 Å². The van der Waals surface area contributed by atoms with Gasteiger partial charge in [0.2, 0.25) is 0 Å². The van der Waals surface area contributed by atoms with Crippen LogP contribution in [0, 0.1) is 12.8 Å². The van der Waals surface area contributed by atoms with E-state index in [4.69, 9.17) is 9.47 Å². The van der Waals surface area contributed by atoms with Crippen LogP contribution >= 0.6 is 15.9 Å². The predicted octanol–water partition coefficient (Wildman–Crippen LogP) is 5.40. The second kappa shape index (κ2) is 6.41. The zero-order valence-electron chi connectivity index (χ0n) is 14.0. The summed E-state index contributed by atoms with van der Waals surface area (Å²) in [6.45, 7) is 2.98. The molecule has 24 heavy (non-hydrogen) atoms. The van der Waals surface area contributed by atoms with Crippen LogP contribution in [0.1, 0.15) is 41.7 Å². The van der Waals surface area contributed by atoms with Crippen LogP contribution in [-0.2, 0) is 4.74 Å². The largest absolute Gasteiger partial charge is 0.496 e. The highest BCUT2D eigenvalue weighted by molar-refractivity contribution is 9.10. The molecule has 4 rings (SSSR count). The van der Waals surface area contributed by atoms with Gasteiger partial charge in [-0.05, 0) is 44.0 Å². The summed E-state index contributed by atoms with van der Waals surface area (Å²) in [7, 11) is 1.74. The van der Waals surface area contributed by atoms with Crippen molar-refractivity contribution in [1.82, 2.24) is 0 Å². The number of benzene rings is 2.